The fourth-order valence-electron chi connectivity index (χ4n) is 1.42. The number of rotatable bonds is 4. The molecule has 2 rings (SSSR count). The molecule has 1 N–H and O–H groups in total. The summed E-state index contributed by atoms with van der Waals surface area (Å²) in [6.45, 7) is 0. The van der Waals surface area contributed by atoms with Gasteiger partial charge in [-0.15, -0.1) is 0 Å². The molecule has 0 saturated carbocycles. The van der Waals surface area contributed by atoms with Crippen molar-refractivity contribution in [2.24, 2.45) is 0 Å². The van der Waals surface area contributed by atoms with Gasteiger partial charge in [0.2, 0.25) is 5.76 Å². The Bertz CT molecular complexity index is 597. The monoisotopic (exact) mass is 282 g/mol. The molecule has 0 aliphatic carbocycles. The Kier molecular flexibility index (Phi) is 3.91. The summed E-state index contributed by atoms with van der Waals surface area (Å²) in [5.41, 5.74) is 0.440. The Morgan fingerprint density at radius 2 is 2.11 bits per heavy atom. The van der Waals surface area contributed by atoms with Gasteiger partial charge in [-0.05, 0) is 23.4 Å². The van der Waals surface area contributed by atoms with Gasteiger partial charge < -0.3 is 19.3 Å². The van der Waals surface area contributed by atoms with E-state index in [0.29, 0.717) is 16.5 Å². The van der Waals surface area contributed by atoms with Gasteiger partial charge in [0.15, 0.2) is 0 Å². The van der Waals surface area contributed by atoms with E-state index < -0.39 is 5.91 Å². The van der Waals surface area contributed by atoms with Crippen LogP contribution in [-0.4, -0.2) is 25.3 Å². The fourth-order valence-corrected chi connectivity index (χ4v) is 1.60. The highest BCUT2D eigenvalue weighted by Gasteiger charge is 2.15. The van der Waals surface area contributed by atoms with Crippen LogP contribution in [0.5, 0.6) is 11.6 Å². The van der Waals surface area contributed by atoms with E-state index >= 15 is 0 Å². The van der Waals surface area contributed by atoms with Crippen molar-refractivity contribution in [2.45, 2.75) is 0 Å². The van der Waals surface area contributed by atoms with Crippen molar-refractivity contribution in [1.82, 2.24) is 5.16 Å². The van der Waals surface area contributed by atoms with Crippen LogP contribution in [0.4, 0.5) is 5.69 Å². The van der Waals surface area contributed by atoms with E-state index in [2.05, 4.69) is 10.5 Å². The van der Waals surface area contributed by atoms with Crippen LogP contribution in [0.25, 0.3) is 0 Å². The topological polar surface area (TPSA) is 73.6 Å². The average molecular weight is 283 g/mol. The first kappa shape index (κ1) is 13.2. The summed E-state index contributed by atoms with van der Waals surface area (Å²) in [6.07, 6.45) is 0. The third-order valence-electron chi connectivity index (χ3n) is 2.33. The highest BCUT2D eigenvalue weighted by atomic mass is 35.5. The summed E-state index contributed by atoms with van der Waals surface area (Å²) < 4.78 is 14.8. The molecule has 0 fully saturated rings. The molecular formula is C12H11ClN2O4. The molecule has 0 bridgehead atoms. The Labute approximate surface area is 114 Å². The third-order valence-corrected chi connectivity index (χ3v) is 2.57. The molecule has 0 spiro atoms. The molecule has 0 radical (unpaired) electrons. The second-order valence-corrected chi connectivity index (χ2v) is 3.97. The number of amides is 1. The van der Waals surface area contributed by atoms with E-state index in [1.807, 2.05) is 0 Å². The second kappa shape index (κ2) is 5.62. The minimum absolute atomic E-state index is 0.0267. The van der Waals surface area contributed by atoms with Gasteiger partial charge in [-0.2, -0.15) is 0 Å². The van der Waals surface area contributed by atoms with Crippen molar-refractivity contribution in [3.8, 4) is 11.6 Å². The van der Waals surface area contributed by atoms with Crippen molar-refractivity contribution < 1.29 is 18.8 Å². The fraction of sp³-hybridized carbons (Fsp3) is 0.167. The van der Waals surface area contributed by atoms with Gasteiger partial charge in [0.05, 0.1) is 26.0 Å². The van der Waals surface area contributed by atoms with Crippen molar-refractivity contribution in [3.63, 3.8) is 0 Å². The summed E-state index contributed by atoms with van der Waals surface area (Å²) in [4.78, 5) is 11.9. The summed E-state index contributed by atoms with van der Waals surface area (Å²) in [5, 5.41) is 6.64. The van der Waals surface area contributed by atoms with Gasteiger partial charge in [-0.1, -0.05) is 11.6 Å². The summed E-state index contributed by atoms with van der Waals surface area (Å²) in [6, 6.07) is 6.27. The number of nitrogens with zero attached hydrogens (tertiary/aromatic N) is 1. The number of carbonyl (C=O) groups is 1. The number of hydrogen-bond donors (Lipinski definition) is 1. The number of aromatic nitrogens is 1. The van der Waals surface area contributed by atoms with Crippen LogP contribution in [0.1, 0.15) is 10.6 Å². The highest BCUT2D eigenvalue weighted by Crippen LogP contribution is 2.28. The van der Waals surface area contributed by atoms with Crippen molar-refractivity contribution in [1.29, 1.82) is 0 Å². The first-order valence-electron chi connectivity index (χ1n) is 5.29. The highest BCUT2D eigenvalue weighted by molar-refractivity contribution is 6.31. The number of carbonyl (C=O) groups excluding carboxylic acids is 1. The number of anilines is 1. The molecule has 6 nitrogen and oxygen atoms in total. The predicted octanol–water partition coefficient (Wildman–Crippen LogP) is 2.60. The smallest absolute Gasteiger partial charge is 0.294 e. The van der Waals surface area contributed by atoms with Crippen LogP contribution in [0.15, 0.2) is 28.8 Å². The van der Waals surface area contributed by atoms with Crippen molar-refractivity contribution >= 4 is 23.2 Å². The Morgan fingerprint density at radius 1 is 1.32 bits per heavy atom. The van der Waals surface area contributed by atoms with E-state index in [1.165, 1.54) is 20.3 Å². The molecule has 2 aromatic rings. The standard InChI is InChI=1S/C12H11ClN2O4/c1-17-9-4-3-7(13)5-8(9)14-12(16)10-6-11(18-2)15-19-10/h3-6H,1-2H3,(H,14,16). The quantitative estimate of drug-likeness (QED) is 0.933. The Hall–Kier alpha value is -2.21. The maximum atomic E-state index is 11.9. The van der Waals surface area contributed by atoms with Gasteiger partial charge in [0, 0.05) is 5.02 Å². The van der Waals surface area contributed by atoms with Gasteiger partial charge in [-0.25, -0.2) is 0 Å². The summed E-state index contributed by atoms with van der Waals surface area (Å²) in [5.74, 6) is 0.266. The van der Waals surface area contributed by atoms with Gasteiger partial charge in [-0.3, -0.25) is 4.79 Å². The van der Waals surface area contributed by atoms with Gasteiger partial charge in [0.1, 0.15) is 5.75 Å². The molecule has 1 heterocycles. The molecule has 0 aliphatic heterocycles. The van der Waals surface area contributed by atoms with Crippen molar-refractivity contribution in [3.05, 3.63) is 35.0 Å². The zero-order valence-electron chi connectivity index (χ0n) is 10.3. The molecule has 1 aromatic heterocycles. The molecule has 1 aromatic carbocycles. The third kappa shape index (κ3) is 2.97. The zero-order valence-corrected chi connectivity index (χ0v) is 11.0. The average Bonchev–Trinajstić information content (AvgIpc) is 2.88. The second-order valence-electron chi connectivity index (χ2n) is 3.53. The van der Waals surface area contributed by atoms with Crippen LogP contribution in [0.2, 0.25) is 5.02 Å². The molecule has 19 heavy (non-hydrogen) atoms. The summed E-state index contributed by atoms with van der Waals surface area (Å²) in [7, 11) is 2.93. The zero-order chi connectivity index (χ0) is 13.8. The predicted molar refractivity (Wildman–Crippen MR) is 69.0 cm³/mol. The lowest BCUT2D eigenvalue weighted by molar-refractivity contribution is 0.0987. The van der Waals surface area contributed by atoms with E-state index in [1.54, 1.807) is 18.2 Å². The van der Waals surface area contributed by atoms with Crippen LogP contribution in [0, 0.1) is 0 Å². The van der Waals surface area contributed by atoms with E-state index in [9.17, 15) is 4.79 Å². The SMILES string of the molecule is COc1cc(C(=O)Nc2cc(Cl)ccc2OC)on1. The van der Waals surface area contributed by atoms with Crippen LogP contribution >= 0.6 is 11.6 Å². The molecule has 7 heteroatoms. The minimum atomic E-state index is -0.476. The number of benzene rings is 1. The molecule has 0 unspecified atom stereocenters. The number of nitrogens with one attached hydrogen (secondary N) is 1. The largest absolute Gasteiger partial charge is 0.495 e. The molecule has 100 valence electrons. The van der Waals surface area contributed by atoms with E-state index in [4.69, 9.17) is 25.6 Å². The van der Waals surface area contributed by atoms with Crippen LogP contribution < -0.4 is 14.8 Å². The summed E-state index contributed by atoms with van der Waals surface area (Å²) >= 11 is 5.87. The number of halogens is 1. The lowest BCUT2D eigenvalue weighted by Gasteiger charge is -2.08. The Morgan fingerprint density at radius 3 is 2.74 bits per heavy atom. The van der Waals surface area contributed by atoms with Crippen LogP contribution in [-0.2, 0) is 0 Å². The lowest BCUT2D eigenvalue weighted by atomic mass is 10.3. The van der Waals surface area contributed by atoms with E-state index in [0.717, 1.165) is 0 Å². The number of methoxy groups -OCH3 is 2. The maximum Gasteiger partial charge on any atom is 0.294 e. The van der Waals surface area contributed by atoms with Crippen molar-refractivity contribution in [2.75, 3.05) is 19.5 Å². The van der Waals surface area contributed by atoms with Gasteiger partial charge in [0.25, 0.3) is 11.8 Å². The molecule has 0 atom stereocenters. The Balaban J connectivity index is 2.20. The number of ether oxygens (including phenoxy) is 2. The lowest BCUT2D eigenvalue weighted by Crippen LogP contribution is -2.11. The van der Waals surface area contributed by atoms with E-state index in [-0.39, 0.29) is 11.6 Å². The molecule has 1 amide bonds. The molecule has 0 saturated heterocycles. The molecule has 0 aliphatic rings. The first-order chi connectivity index (χ1) is 9.13. The van der Waals surface area contributed by atoms with Gasteiger partial charge >= 0.3 is 0 Å². The number of hydrogen-bond acceptors (Lipinski definition) is 5. The maximum absolute atomic E-state index is 11.9. The van der Waals surface area contributed by atoms with Crippen LogP contribution in [0.3, 0.4) is 0 Å². The normalized spacial score (nSPS) is 10.1. The first-order valence-corrected chi connectivity index (χ1v) is 5.67. The minimum Gasteiger partial charge on any atom is -0.495 e. The molecular weight excluding hydrogens is 272 g/mol.